The molecule has 0 bridgehead atoms. The maximum Gasteiger partial charge on any atom is 0.223 e. The maximum absolute atomic E-state index is 15.0. The number of anilines is 1. The predicted octanol–water partition coefficient (Wildman–Crippen LogP) is 4.57. The molecule has 0 radical (unpaired) electrons. The number of carbonyl (C=O) groups excluding carboxylic acids is 1. The number of pyridine rings is 1. The molecule has 1 fully saturated rings. The average molecular weight is 484 g/mol. The number of thiazole rings is 1. The third-order valence-corrected chi connectivity index (χ3v) is 6.71. The first-order valence-corrected chi connectivity index (χ1v) is 11.7. The van der Waals surface area contributed by atoms with Crippen LogP contribution in [0.15, 0.2) is 36.1 Å². The SMILES string of the molecule is CCc1csc(C(=O)c2cc(-c3ncnc4cc(N5CCOCC5)ncc34)c(F)cc2Cl)n1. The number of hydrogen-bond acceptors (Lipinski definition) is 8. The second kappa shape index (κ2) is 9.09. The number of ketones is 1. The minimum atomic E-state index is -0.581. The van der Waals surface area contributed by atoms with Gasteiger partial charge < -0.3 is 9.64 Å². The summed E-state index contributed by atoms with van der Waals surface area (Å²) in [6.45, 7) is 4.72. The Morgan fingerprint density at radius 3 is 2.79 bits per heavy atom. The number of benzene rings is 1. The highest BCUT2D eigenvalue weighted by Crippen LogP contribution is 2.33. The van der Waals surface area contributed by atoms with E-state index in [0.29, 0.717) is 34.8 Å². The van der Waals surface area contributed by atoms with Crippen molar-refractivity contribution < 1.29 is 13.9 Å². The van der Waals surface area contributed by atoms with Gasteiger partial charge >= 0.3 is 0 Å². The van der Waals surface area contributed by atoms with Crippen LogP contribution < -0.4 is 4.90 Å². The number of halogens is 2. The van der Waals surface area contributed by atoms with Crippen LogP contribution in [0.1, 0.15) is 28.0 Å². The first kappa shape index (κ1) is 21.8. The summed E-state index contributed by atoms with van der Waals surface area (Å²) in [5, 5.41) is 2.76. The van der Waals surface area contributed by atoms with E-state index in [2.05, 4.69) is 24.8 Å². The number of rotatable bonds is 5. The van der Waals surface area contributed by atoms with Crippen molar-refractivity contribution in [2.24, 2.45) is 0 Å². The number of morpholine rings is 1. The summed E-state index contributed by atoms with van der Waals surface area (Å²) in [5.74, 6) is -0.155. The van der Waals surface area contributed by atoms with Gasteiger partial charge in [0.25, 0.3) is 0 Å². The van der Waals surface area contributed by atoms with Gasteiger partial charge in [0.1, 0.15) is 18.0 Å². The quantitative estimate of drug-likeness (QED) is 0.384. The lowest BCUT2D eigenvalue weighted by molar-refractivity contribution is 0.103. The van der Waals surface area contributed by atoms with Crippen LogP contribution in [0, 0.1) is 5.82 Å². The predicted molar refractivity (Wildman–Crippen MR) is 126 cm³/mol. The van der Waals surface area contributed by atoms with E-state index in [0.717, 1.165) is 37.1 Å². The number of aromatic nitrogens is 4. The van der Waals surface area contributed by atoms with Crippen LogP contribution in [0.3, 0.4) is 0 Å². The van der Waals surface area contributed by atoms with Crippen molar-refractivity contribution in [3.63, 3.8) is 0 Å². The molecule has 1 aliphatic rings. The zero-order chi connectivity index (χ0) is 22.9. The Morgan fingerprint density at radius 2 is 2.03 bits per heavy atom. The van der Waals surface area contributed by atoms with Crippen molar-refractivity contribution in [1.29, 1.82) is 0 Å². The summed E-state index contributed by atoms with van der Waals surface area (Å²) in [4.78, 5) is 32.7. The third-order valence-electron chi connectivity index (χ3n) is 5.51. The lowest BCUT2D eigenvalue weighted by Gasteiger charge is -2.27. The van der Waals surface area contributed by atoms with E-state index in [1.54, 1.807) is 6.20 Å². The Morgan fingerprint density at radius 1 is 1.21 bits per heavy atom. The Kier molecular flexibility index (Phi) is 6.01. The fourth-order valence-electron chi connectivity index (χ4n) is 3.72. The van der Waals surface area contributed by atoms with E-state index in [1.807, 2.05) is 18.4 Å². The van der Waals surface area contributed by atoms with Crippen molar-refractivity contribution in [1.82, 2.24) is 19.9 Å². The van der Waals surface area contributed by atoms with Crippen molar-refractivity contribution >= 4 is 45.4 Å². The first-order chi connectivity index (χ1) is 16.0. The maximum atomic E-state index is 15.0. The van der Waals surface area contributed by atoms with Gasteiger partial charge in [-0.15, -0.1) is 11.3 Å². The van der Waals surface area contributed by atoms with Crippen LogP contribution in [-0.2, 0) is 11.2 Å². The summed E-state index contributed by atoms with van der Waals surface area (Å²) in [7, 11) is 0. The van der Waals surface area contributed by atoms with E-state index in [9.17, 15) is 4.79 Å². The van der Waals surface area contributed by atoms with E-state index in [1.165, 1.54) is 23.7 Å². The minimum Gasteiger partial charge on any atom is -0.378 e. The number of nitrogens with zero attached hydrogens (tertiary/aromatic N) is 5. The van der Waals surface area contributed by atoms with Crippen molar-refractivity contribution in [2.45, 2.75) is 13.3 Å². The van der Waals surface area contributed by atoms with Gasteiger partial charge in [-0.25, -0.2) is 24.3 Å². The minimum absolute atomic E-state index is 0.0283. The smallest absolute Gasteiger partial charge is 0.223 e. The number of hydrogen-bond donors (Lipinski definition) is 0. The van der Waals surface area contributed by atoms with Gasteiger partial charge in [0, 0.05) is 47.2 Å². The topological polar surface area (TPSA) is 81.1 Å². The molecular weight excluding hydrogens is 465 g/mol. The molecule has 3 aromatic heterocycles. The van der Waals surface area contributed by atoms with Crippen LogP contribution in [0.2, 0.25) is 5.02 Å². The zero-order valence-corrected chi connectivity index (χ0v) is 19.3. The highest BCUT2D eigenvalue weighted by atomic mass is 35.5. The largest absolute Gasteiger partial charge is 0.378 e. The van der Waals surface area contributed by atoms with Crippen molar-refractivity contribution in [3.8, 4) is 11.3 Å². The van der Waals surface area contributed by atoms with Crippen molar-refractivity contribution in [3.05, 3.63) is 63.2 Å². The standard InChI is InChI=1S/C23H19ClFN5O2S/c1-2-13-11-33-23(29-13)22(31)14-7-15(18(25)8-17(14)24)21-16-10-26-20(9-19(16)27-12-28-21)30-3-5-32-6-4-30/h7-12H,2-6H2,1H3. The second-order valence-electron chi connectivity index (χ2n) is 7.52. The average Bonchev–Trinajstić information content (AvgIpc) is 3.33. The summed E-state index contributed by atoms with van der Waals surface area (Å²) in [6.07, 6.45) is 3.74. The van der Waals surface area contributed by atoms with E-state index < -0.39 is 5.82 Å². The summed E-state index contributed by atoms with van der Waals surface area (Å²) in [6, 6.07) is 4.43. The van der Waals surface area contributed by atoms with Crippen LogP contribution in [-0.4, -0.2) is 52.0 Å². The molecule has 10 heteroatoms. The van der Waals surface area contributed by atoms with Gasteiger partial charge in [0.05, 0.1) is 35.1 Å². The lowest BCUT2D eigenvalue weighted by Crippen LogP contribution is -2.36. The summed E-state index contributed by atoms with van der Waals surface area (Å²) >= 11 is 7.50. The molecule has 5 rings (SSSR count). The molecule has 0 spiro atoms. The van der Waals surface area contributed by atoms with Crippen LogP contribution in [0.4, 0.5) is 10.2 Å². The fraction of sp³-hybridized carbons (Fsp3) is 0.261. The number of carbonyl (C=O) groups is 1. The van der Waals surface area contributed by atoms with Gasteiger partial charge in [-0.05, 0) is 18.6 Å². The molecular formula is C23H19ClFN5O2S. The molecule has 0 amide bonds. The number of fused-ring (bicyclic) bond motifs is 1. The Hall–Kier alpha value is -3.01. The molecule has 0 saturated carbocycles. The first-order valence-electron chi connectivity index (χ1n) is 10.5. The van der Waals surface area contributed by atoms with Gasteiger partial charge in [-0.2, -0.15) is 0 Å². The monoisotopic (exact) mass is 483 g/mol. The Balaban J connectivity index is 1.57. The Bertz CT molecular complexity index is 1360. The molecule has 0 aliphatic carbocycles. The molecule has 4 heterocycles. The van der Waals surface area contributed by atoms with E-state index in [4.69, 9.17) is 16.3 Å². The van der Waals surface area contributed by atoms with Gasteiger partial charge in [-0.3, -0.25) is 4.79 Å². The van der Waals surface area contributed by atoms with E-state index >= 15 is 4.39 Å². The zero-order valence-electron chi connectivity index (χ0n) is 17.7. The molecule has 7 nitrogen and oxygen atoms in total. The van der Waals surface area contributed by atoms with Gasteiger partial charge in [-0.1, -0.05) is 18.5 Å². The molecule has 33 heavy (non-hydrogen) atoms. The Labute approximate surface area is 198 Å². The van der Waals surface area contributed by atoms with Crippen molar-refractivity contribution in [2.75, 3.05) is 31.2 Å². The molecule has 4 aromatic rings. The number of aryl methyl sites for hydroxylation is 1. The summed E-state index contributed by atoms with van der Waals surface area (Å²) in [5.41, 5.74) is 2.13. The molecule has 1 aliphatic heterocycles. The lowest BCUT2D eigenvalue weighted by atomic mass is 10.0. The normalized spacial score (nSPS) is 14.1. The second-order valence-corrected chi connectivity index (χ2v) is 8.79. The molecule has 1 aromatic carbocycles. The van der Waals surface area contributed by atoms with Crippen LogP contribution >= 0.6 is 22.9 Å². The molecule has 0 unspecified atom stereocenters. The fourth-order valence-corrected chi connectivity index (χ4v) is 4.81. The molecule has 168 valence electrons. The highest BCUT2D eigenvalue weighted by molar-refractivity contribution is 7.12. The number of ether oxygens (including phenoxy) is 1. The van der Waals surface area contributed by atoms with Gasteiger partial charge in [0.2, 0.25) is 5.78 Å². The molecule has 1 saturated heterocycles. The molecule has 0 N–H and O–H groups in total. The molecule has 0 atom stereocenters. The van der Waals surface area contributed by atoms with Gasteiger partial charge in [0.15, 0.2) is 5.01 Å². The van der Waals surface area contributed by atoms with Crippen LogP contribution in [0.5, 0.6) is 0 Å². The van der Waals surface area contributed by atoms with E-state index in [-0.39, 0.29) is 21.9 Å². The third kappa shape index (κ3) is 4.19. The van der Waals surface area contributed by atoms with Crippen LogP contribution in [0.25, 0.3) is 22.2 Å². The summed E-state index contributed by atoms with van der Waals surface area (Å²) < 4.78 is 20.4. The highest BCUT2D eigenvalue weighted by Gasteiger charge is 2.22.